The van der Waals surface area contributed by atoms with Gasteiger partial charge in [0.15, 0.2) is 0 Å². The smallest absolute Gasteiger partial charge is 0.307 e. The van der Waals surface area contributed by atoms with Crippen molar-refractivity contribution in [1.82, 2.24) is 4.90 Å². The second kappa shape index (κ2) is 16.1. The van der Waals surface area contributed by atoms with Crippen LogP contribution in [0.25, 0.3) is 10.8 Å². The molecule has 0 radical (unpaired) electrons. The number of carbonyl (C=O) groups excluding carboxylic acids is 1. The van der Waals surface area contributed by atoms with Gasteiger partial charge in [-0.05, 0) is 72.8 Å². The number of allylic oxidation sites excluding steroid dienone is 1. The molecule has 0 heterocycles. The minimum absolute atomic E-state index is 0.238. The van der Waals surface area contributed by atoms with Crippen molar-refractivity contribution in [2.45, 2.75) is 74.3 Å². The SMILES string of the molecule is CCOc1ccc(OCC)c2c(OCC)c([C@H](CC=C(C)C)OC(=O)CCN(CC)CC)cc(OCC)c12. The Kier molecular flexibility index (Phi) is 13.3. The van der Waals surface area contributed by atoms with Gasteiger partial charge in [0.25, 0.3) is 0 Å². The third-order valence-corrected chi connectivity index (χ3v) is 6.23. The highest BCUT2D eigenvalue weighted by molar-refractivity contribution is 6.03. The number of nitrogens with zero attached hydrogens (tertiary/aromatic N) is 1. The first-order valence-corrected chi connectivity index (χ1v) is 14.0. The standard InChI is InChI=1S/C31H47NO6/c1-9-32(10-2)20-19-28(33)38-24(16-15-22(7)8)23-21-27(36-13-5)29-25(34-11-3)17-18-26(35-12-4)30(29)31(23)37-14-6/h15,17-18,21,24H,9-14,16,19-20H2,1-8H3/t24-/m0/s1. The van der Waals surface area contributed by atoms with Gasteiger partial charge in [-0.1, -0.05) is 25.5 Å². The van der Waals surface area contributed by atoms with Crippen LogP contribution >= 0.6 is 0 Å². The Balaban J connectivity index is 2.77. The van der Waals surface area contributed by atoms with Gasteiger partial charge in [0.05, 0.1) is 43.6 Å². The Labute approximate surface area is 229 Å². The molecule has 0 spiro atoms. The maximum atomic E-state index is 13.1. The summed E-state index contributed by atoms with van der Waals surface area (Å²) in [6.45, 7) is 20.4. The van der Waals surface area contributed by atoms with Crippen LogP contribution in [0.15, 0.2) is 29.8 Å². The minimum atomic E-state index is -0.551. The van der Waals surface area contributed by atoms with Crippen molar-refractivity contribution in [3.05, 3.63) is 35.4 Å². The van der Waals surface area contributed by atoms with E-state index in [2.05, 4.69) is 24.8 Å². The molecule has 212 valence electrons. The molecule has 7 heteroatoms. The highest BCUT2D eigenvalue weighted by atomic mass is 16.5. The molecule has 0 fully saturated rings. The highest BCUT2D eigenvalue weighted by Gasteiger charge is 2.28. The van der Waals surface area contributed by atoms with Crippen LogP contribution in [0.3, 0.4) is 0 Å². The first kappa shape index (κ1) is 31.3. The Morgan fingerprint density at radius 2 is 1.37 bits per heavy atom. The van der Waals surface area contributed by atoms with Crippen molar-refractivity contribution in [2.24, 2.45) is 0 Å². The van der Waals surface area contributed by atoms with Crippen LogP contribution < -0.4 is 18.9 Å². The van der Waals surface area contributed by atoms with Crippen molar-refractivity contribution in [3.8, 4) is 23.0 Å². The van der Waals surface area contributed by atoms with E-state index in [9.17, 15) is 4.79 Å². The van der Waals surface area contributed by atoms with Crippen molar-refractivity contribution in [1.29, 1.82) is 0 Å². The van der Waals surface area contributed by atoms with E-state index in [1.807, 2.05) is 59.7 Å². The van der Waals surface area contributed by atoms with E-state index in [0.29, 0.717) is 68.8 Å². The number of ether oxygens (including phenoxy) is 5. The van der Waals surface area contributed by atoms with E-state index < -0.39 is 6.10 Å². The van der Waals surface area contributed by atoms with Gasteiger partial charge in [-0.15, -0.1) is 0 Å². The molecule has 0 bridgehead atoms. The maximum Gasteiger partial charge on any atom is 0.307 e. The zero-order valence-corrected chi connectivity index (χ0v) is 24.6. The summed E-state index contributed by atoms with van der Waals surface area (Å²) in [5.41, 5.74) is 1.90. The fraction of sp³-hybridized carbons (Fsp3) is 0.581. The molecule has 0 aliphatic rings. The lowest BCUT2D eigenvalue weighted by molar-refractivity contribution is -0.149. The van der Waals surface area contributed by atoms with Crippen LogP contribution in [0, 0.1) is 0 Å². The third kappa shape index (κ3) is 8.29. The van der Waals surface area contributed by atoms with Crippen molar-refractivity contribution < 1.29 is 28.5 Å². The van der Waals surface area contributed by atoms with E-state index in [1.165, 1.54) is 0 Å². The average molecular weight is 530 g/mol. The normalized spacial score (nSPS) is 11.8. The summed E-state index contributed by atoms with van der Waals surface area (Å²) in [5, 5.41) is 1.56. The maximum absolute atomic E-state index is 13.1. The molecule has 0 aliphatic heterocycles. The molecule has 1 atom stereocenters. The van der Waals surface area contributed by atoms with Gasteiger partial charge in [0, 0.05) is 18.5 Å². The van der Waals surface area contributed by atoms with Crippen LogP contribution in [-0.2, 0) is 9.53 Å². The first-order valence-electron chi connectivity index (χ1n) is 14.0. The quantitative estimate of drug-likeness (QED) is 0.160. The summed E-state index contributed by atoms with van der Waals surface area (Å²) in [6, 6.07) is 5.75. The van der Waals surface area contributed by atoms with Gasteiger partial charge in [-0.2, -0.15) is 0 Å². The van der Waals surface area contributed by atoms with E-state index in [4.69, 9.17) is 23.7 Å². The predicted octanol–water partition coefficient (Wildman–Crippen LogP) is 7.11. The van der Waals surface area contributed by atoms with Crippen molar-refractivity contribution >= 4 is 16.7 Å². The molecule has 0 aliphatic carbocycles. The topological polar surface area (TPSA) is 66.5 Å². The van der Waals surface area contributed by atoms with E-state index in [1.54, 1.807) is 0 Å². The molecule has 0 saturated carbocycles. The molecule has 0 aromatic heterocycles. The number of hydrogen-bond acceptors (Lipinski definition) is 7. The molecule has 2 aromatic carbocycles. The summed E-state index contributed by atoms with van der Waals surface area (Å²) < 4.78 is 30.7. The summed E-state index contributed by atoms with van der Waals surface area (Å²) in [6.07, 6.45) is 2.38. The zero-order chi connectivity index (χ0) is 28.1. The van der Waals surface area contributed by atoms with Crippen LogP contribution in [-0.4, -0.2) is 56.9 Å². The second-order valence-electron chi connectivity index (χ2n) is 9.11. The van der Waals surface area contributed by atoms with Gasteiger partial charge < -0.3 is 28.6 Å². The van der Waals surface area contributed by atoms with Crippen LogP contribution in [0.2, 0.25) is 0 Å². The lowest BCUT2D eigenvalue weighted by Crippen LogP contribution is -2.26. The molecule has 2 aromatic rings. The van der Waals surface area contributed by atoms with Gasteiger partial charge >= 0.3 is 5.97 Å². The van der Waals surface area contributed by atoms with Crippen LogP contribution in [0.4, 0.5) is 0 Å². The number of hydrogen-bond donors (Lipinski definition) is 0. The monoisotopic (exact) mass is 529 g/mol. The third-order valence-electron chi connectivity index (χ3n) is 6.23. The molecular formula is C31H47NO6. The Hall–Kier alpha value is -2.93. The highest BCUT2D eigenvalue weighted by Crippen LogP contribution is 2.49. The molecule has 0 N–H and O–H groups in total. The Bertz CT molecular complexity index is 1060. The lowest BCUT2D eigenvalue weighted by Gasteiger charge is -2.25. The second-order valence-corrected chi connectivity index (χ2v) is 9.11. The zero-order valence-electron chi connectivity index (χ0n) is 24.6. The van der Waals surface area contributed by atoms with E-state index >= 15 is 0 Å². The van der Waals surface area contributed by atoms with Gasteiger partial charge in [0.2, 0.25) is 0 Å². The molecule has 0 saturated heterocycles. The van der Waals surface area contributed by atoms with E-state index in [0.717, 1.165) is 35.0 Å². The van der Waals surface area contributed by atoms with Gasteiger partial charge in [-0.3, -0.25) is 4.79 Å². The van der Waals surface area contributed by atoms with Crippen LogP contribution in [0.5, 0.6) is 23.0 Å². The number of benzene rings is 2. The molecule has 38 heavy (non-hydrogen) atoms. The van der Waals surface area contributed by atoms with Gasteiger partial charge in [-0.25, -0.2) is 0 Å². The summed E-state index contributed by atoms with van der Waals surface area (Å²) in [5.74, 6) is 2.40. The summed E-state index contributed by atoms with van der Waals surface area (Å²) >= 11 is 0. The summed E-state index contributed by atoms with van der Waals surface area (Å²) in [7, 11) is 0. The van der Waals surface area contributed by atoms with Crippen molar-refractivity contribution in [2.75, 3.05) is 46.1 Å². The molecule has 2 rings (SSSR count). The first-order chi connectivity index (χ1) is 18.3. The summed E-state index contributed by atoms with van der Waals surface area (Å²) in [4.78, 5) is 15.3. The fourth-order valence-corrected chi connectivity index (χ4v) is 4.41. The molecule has 7 nitrogen and oxygen atoms in total. The average Bonchev–Trinajstić information content (AvgIpc) is 2.89. The number of carbonyl (C=O) groups is 1. The largest absolute Gasteiger partial charge is 0.493 e. The van der Waals surface area contributed by atoms with Crippen molar-refractivity contribution in [3.63, 3.8) is 0 Å². The fourth-order valence-electron chi connectivity index (χ4n) is 4.41. The number of rotatable bonds is 17. The van der Waals surface area contributed by atoms with Gasteiger partial charge in [0.1, 0.15) is 29.1 Å². The Morgan fingerprint density at radius 3 is 1.89 bits per heavy atom. The molecular weight excluding hydrogens is 482 g/mol. The minimum Gasteiger partial charge on any atom is -0.493 e. The van der Waals surface area contributed by atoms with E-state index in [-0.39, 0.29) is 5.97 Å². The predicted molar refractivity (Wildman–Crippen MR) is 154 cm³/mol. The molecule has 0 unspecified atom stereocenters. The molecule has 0 amide bonds. The Morgan fingerprint density at radius 1 is 0.816 bits per heavy atom. The number of fused-ring (bicyclic) bond motifs is 1. The lowest BCUT2D eigenvalue weighted by atomic mass is 9.96. The van der Waals surface area contributed by atoms with Crippen LogP contribution in [0.1, 0.15) is 79.9 Å². The number of esters is 1.